The number of halogens is 1. The van der Waals surface area contributed by atoms with Gasteiger partial charge < -0.3 is 19.1 Å². The normalized spacial score (nSPS) is 15.7. The molecule has 226 valence electrons. The maximum atomic E-state index is 13.0. The van der Waals surface area contributed by atoms with Gasteiger partial charge in [0, 0.05) is 43.1 Å². The van der Waals surface area contributed by atoms with Gasteiger partial charge in [-0.3, -0.25) is 14.6 Å². The molecular formula is C30H37ClN4O6S. The summed E-state index contributed by atoms with van der Waals surface area (Å²) in [5.74, 6) is -0.183. The molecule has 2 aromatic carbocycles. The summed E-state index contributed by atoms with van der Waals surface area (Å²) in [5, 5.41) is 1.68. The lowest BCUT2D eigenvalue weighted by Gasteiger charge is -2.35. The number of carbonyl (C=O) groups excluding carboxylic acids is 3. The molecule has 0 N–H and O–H groups in total. The topological polar surface area (TPSA) is 102 Å². The number of anilines is 2. The molecule has 1 fully saturated rings. The predicted molar refractivity (Wildman–Crippen MR) is 164 cm³/mol. The standard InChI is InChI=1S/C29H33ClN4O6S.CH4/c1-3-15-39-29(37)40-27(28(36)38-4-2)34-23-18-22(30)19(16-20(23)17-25(34)35)9-10-32-11-13-33(14-12-32)26-21-7-5-6-8-24(21)41-31-26;/h5-8,16,18,27H,3-4,9-15,17H2,1-2H3;1H4. The van der Waals surface area contributed by atoms with Crippen molar-refractivity contribution in [2.45, 2.75) is 46.8 Å². The third kappa shape index (κ3) is 6.79. The molecule has 3 heterocycles. The fourth-order valence-electron chi connectivity index (χ4n) is 5.15. The summed E-state index contributed by atoms with van der Waals surface area (Å²) in [5.41, 5.74) is 2.06. The molecule has 3 aromatic rings. The fraction of sp³-hybridized carbons (Fsp3) is 0.467. The average Bonchev–Trinajstić information content (AvgIpc) is 3.54. The molecule has 5 rings (SSSR count). The van der Waals surface area contributed by atoms with Crippen LogP contribution in [0.15, 0.2) is 36.4 Å². The van der Waals surface area contributed by atoms with Crippen molar-refractivity contribution in [1.82, 2.24) is 9.27 Å². The molecule has 0 spiro atoms. The Hall–Kier alpha value is -3.41. The molecule has 10 nitrogen and oxygen atoms in total. The number of nitrogens with zero attached hydrogens (tertiary/aromatic N) is 4. The van der Waals surface area contributed by atoms with Crippen molar-refractivity contribution in [3.63, 3.8) is 0 Å². The quantitative estimate of drug-likeness (QED) is 0.281. The zero-order chi connectivity index (χ0) is 28.9. The second-order valence-corrected chi connectivity index (χ2v) is 11.1. The van der Waals surface area contributed by atoms with Gasteiger partial charge in [-0.15, -0.1) is 0 Å². The van der Waals surface area contributed by atoms with Crippen LogP contribution in [-0.4, -0.2) is 79.5 Å². The SMILES string of the molecule is C.CCCOC(=O)OC(C(=O)OCC)N1C(=O)Cc2cc(CCN3CCN(c4nsc5ccccc45)CC3)c(Cl)cc21. The van der Waals surface area contributed by atoms with Crippen molar-refractivity contribution in [3.05, 3.63) is 52.5 Å². The first-order valence-corrected chi connectivity index (χ1v) is 15.0. The van der Waals surface area contributed by atoms with E-state index < -0.39 is 18.4 Å². The van der Waals surface area contributed by atoms with E-state index in [1.807, 2.05) is 19.1 Å². The van der Waals surface area contributed by atoms with Crippen LogP contribution in [0.2, 0.25) is 5.02 Å². The molecule has 1 amide bonds. The molecule has 0 bridgehead atoms. The Labute approximate surface area is 255 Å². The summed E-state index contributed by atoms with van der Waals surface area (Å²) in [6, 6.07) is 11.9. The molecule has 0 aliphatic carbocycles. The van der Waals surface area contributed by atoms with Crippen LogP contribution in [0, 0.1) is 0 Å². The summed E-state index contributed by atoms with van der Waals surface area (Å²) >= 11 is 8.22. The molecule has 1 atom stereocenters. The predicted octanol–water partition coefficient (Wildman–Crippen LogP) is 5.29. The zero-order valence-corrected chi connectivity index (χ0v) is 24.7. The highest BCUT2D eigenvalue weighted by atomic mass is 35.5. The Morgan fingerprint density at radius 2 is 1.86 bits per heavy atom. The van der Waals surface area contributed by atoms with E-state index in [-0.39, 0.29) is 33.0 Å². The van der Waals surface area contributed by atoms with Crippen LogP contribution < -0.4 is 9.80 Å². The Bertz CT molecular complexity index is 1420. The summed E-state index contributed by atoms with van der Waals surface area (Å²) in [4.78, 5) is 43.8. The largest absolute Gasteiger partial charge is 0.510 e. The van der Waals surface area contributed by atoms with Crippen LogP contribution in [0.25, 0.3) is 10.1 Å². The monoisotopic (exact) mass is 616 g/mol. The molecule has 1 aromatic heterocycles. The number of esters is 1. The van der Waals surface area contributed by atoms with Crippen molar-refractivity contribution in [2.75, 3.05) is 55.7 Å². The first kappa shape index (κ1) is 31.5. The molecule has 1 unspecified atom stereocenters. The maximum absolute atomic E-state index is 13.0. The molecule has 2 aliphatic heterocycles. The van der Waals surface area contributed by atoms with Crippen LogP contribution in [0.3, 0.4) is 0 Å². The molecule has 1 saturated heterocycles. The van der Waals surface area contributed by atoms with Gasteiger partial charge in [0.25, 0.3) is 6.23 Å². The smallest absolute Gasteiger partial charge is 0.462 e. The lowest BCUT2D eigenvalue weighted by Crippen LogP contribution is -2.47. The number of carbonyl (C=O) groups is 3. The molecule has 0 saturated carbocycles. The number of piperazine rings is 1. The minimum absolute atomic E-state index is 0. The van der Waals surface area contributed by atoms with Crippen LogP contribution in [-0.2, 0) is 36.6 Å². The second kappa shape index (κ2) is 14.2. The van der Waals surface area contributed by atoms with E-state index in [1.54, 1.807) is 13.0 Å². The Morgan fingerprint density at radius 1 is 1.10 bits per heavy atom. The van der Waals surface area contributed by atoms with Gasteiger partial charge in [0.05, 0.1) is 30.0 Å². The highest BCUT2D eigenvalue weighted by molar-refractivity contribution is 7.13. The lowest BCUT2D eigenvalue weighted by molar-refractivity contribution is -0.155. The fourth-order valence-corrected chi connectivity index (χ4v) is 6.20. The number of rotatable bonds is 10. The summed E-state index contributed by atoms with van der Waals surface area (Å²) < 4.78 is 21.2. The Kier molecular flexibility index (Phi) is 10.6. The minimum atomic E-state index is -1.60. The number of ether oxygens (including phenoxy) is 3. The van der Waals surface area contributed by atoms with Gasteiger partial charge in [0.1, 0.15) is 5.82 Å². The van der Waals surface area contributed by atoms with Crippen molar-refractivity contribution in [2.24, 2.45) is 0 Å². The van der Waals surface area contributed by atoms with E-state index in [9.17, 15) is 14.4 Å². The third-order valence-electron chi connectivity index (χ3n) is 7.20. The van der Waals surface area contributed by atoms with Gasteiger partial charge in [-0.1, -0.05) is 44.2 Å². The molecule has 2 aliphatic rings. The second-order valence-electron chi connectivity index (χ2n) is 9.91. The number of benzene rings is 2. The molecule has 0 radical (unpaired) electrons. The highest BCUT2D eigenvalue weighted by Gasteiger charge is 2.41. The first-order valence-electron chi connectivity index (χ1n) is 13.8. The number of hydrogen-bond donors (Lipinski definition) is 0. The lowest BCUT2D eigenvalue weighted by atomic mass is 10.1. The van der Waals surface area contributed by atoms with E-state index in [0.29, 0.717) is 23.6 Å². The van der Waals surface area contributed by atoms with Gasteiger partial charge in [-0.05, 0) is 60.6 Å². The van der Waals surface area contributed by atoms with Crippen molar-refractivity contribution >= 4 is 62.8 Å². The van der Waals surface area contributed by atoms with Crippen molar-refractivity contribution in [1.29, 1.82) is 0 Å². The van der Waals surface area contributed by atoms with Crippen molar-refractivity contribution < 1.29 is 28.6 Å². The Morgan fingerprint density at radius 3 is 2.60 bits per heavy atom. The minimum Gasteiger partial charge on any atom is -0.462 e. The molecule has 12 heteroatoms. The maximum Gasteiger partial charge on any atom is 0.510 e. The van der Waals surface area contributed by atoms with Crippen molar-refractivity contribution in [3.8, 4) is 0 Å². The zero-order valence-electron chi connectivity index (χ0n) is 23.1. The van der Waals surface area contributed by atoms with E-state index in [1.165, 1.54) is 21.6 Å². The van der Waals surface area contributed by atoms with E-state index in [4.69, 9.17) is 30.2 Å². The van der Waals surface area contributed by atoms with Gasteiger partial charge in [0.2, 0.25) is 5.91 Å². The summed E-state index contributed by atoms with van der Waals surface area (Å²) in [6.45, 7) is 8.08. The van der Waals surface area contributed by atoms with Gasteiger partial charge in [0.15, 0.2) is 0 Å². The number of hydrogen-bond acceptors (Lipinski definition) is 10. The molecule has 42 heavy (non-hydrogen) atoms. The van der Waals surface area contributed by atoms with Crippen LogP contribution >= 0.6 is 23.1 Å². The Balaban J connectivity index is 0.00000405. The van der Waals surface area contributed by atoms with E-state index in [2.05, 4.69) is 28.0 Å². The average molecular weight is 617 g/mol. The highest BCUT2D eigenvalue weighted by Crippen LogP contribution is 2.36. The first-order chi connectivity index (χ1) is 19.9. The number of fused-ring (bicyclic) bond motifs is 2. The van der Waals surface area contributed by atoms with Crippen LogP contribution in [0.1, 0.15) is 38.8 Å². The third-order valence-corrected chi connectivity index (χ3v) is 8.37. The van der Waals surface area contributed by atoms with Crippen LogP contribution in [0.5, 0.6) is 0 Å². The van der Waals surface area contributed by atoms with Gasteiger partial charge >= 0.3 is 12.1 Å². The van der Waals surface area contributed by atoms with E-state index >= 15 is 0 Å². The number of amides is 1. The van der Waals surface area contributed by atoms with E-state index in [0.717, 1.165) is 54.6 Å². The summed E-state index contributed by atoms with van der Waals surface area (Å²) in [6.07, 6.45) is -1.29. The van der Waals surface area contributed by atoms with Gasteiger partial charge in [-0.25, -0.2) is 9.59 Å². The number of aromatic nitrogens is 1. The van der Waals surface area contributed by atoms with Gasteiger partial charge in [-0.2, -0.15) is 4.37 Å². The molecular weight excluding hydrogens is 580 g/mol. The summed E-state index contributed by atoms with van der Waals surface area (Å²) in [7, 11) is 0. The van der Waals surface area contributed by atoms with Crippen LogP contribution in [0.4, 0.5) is 16.3 Å².